The van der Waals surface area contributed by atoms with Crippen LogP contribution in [-0.4, -0.2) is 75.1 Å². The van der Waals surface area contributed by atoms with Crippen molar-refractivity contribution in [2.24, 2.45) is 0 Å². The van der Waals surface area contributed by atoms with Gasteiger partial charge in [-0.3, -0.25) is 14.2 Å². The van der Waals surface area contributed by atoms with Gasteiger partial charge in [-0.05, 0) is 35.4 Å². The number of anilines is 2. The first-order valence-corrected chi connectivity index (χ1v) is 14.4. The lowest BCUT2D eigenvalue weighted by molar-refractivity contribution is -0.127. The zero-order chi connectivity index (χ0) is 32.2. The fraction of sp³-hybridized carbons (Fsp3) is 0.296. The highest BCUT2D eigenvalue weighted by Crippen LogP contribution is 2.36. The number of hydrogen-bond acceptors (Lipinski definition) is 8. The highest BCUT2D eigenvalue weighted by atomic mass is 32.2. The van der Waals surface area contributed by atoms with Crippen LogP contribution in [0.5, 0.6) is 5.75 Å². The van der Waals surface area contributed by atoms with Crippen molar-refractivity contribution in [3.8, 4) is 17.0 Å². The first-order valence-electron chi connectivity index (χ1n) is 13.0. The van der Waals surface area contributed by atoms with Gasteiger partial charge in [0.25, 0.3) is 5.91 Å². The second-order valence-electron chi connectivity index (χ2n) is 9.52. The van der Waals surface area contributed by atoms with Crippen LogP contribution in [0.3, 0.4) is 0 Å². The number of alkyl halides is 3. The lowest BCUT2D eigenvalue weighted by Gasteiger charge is -2.23. The van der Waals surface area contributed by atoms with Crippen molar-refractivity contribution in [1.29, 1.82) is 0 Å². The van der Waals surface area contributed by atoms with E-state index in [9.17, 15) is 35.9 Å². The number of rotatable bonds is 12. The SMILES string of the molecule is CNC(=O)c1n[nH]c2cc(-c3cc(F)c(O)cc3CC(F)(F)F)nc(NCc3ccccc3N(C)S(=O)(=O)NCCOC)c12. The van der Waals surface area contributed by atoms with Crippen molar-refractivity contribution in [2.75, 3.05) is 44.0 Å². The van der Waals surface area contributed by atoms with E-state index in [-0.39, 0.29) is 53.4 Å². The van der Waals surface area contributed by atoms with Crippen LogP contribution in [0.2, 0.25) is 0 Å². The fourth-order valence-corrected chi connectivity index (χ4v) is 5.42. The third-order valence-electron chi connectivity index (χ3n) is 6.55. The van der Waals surface area contributed by atoms with E-state index in [1.54, 1.807) is 24.3 Å². The van der Waals surface area contributed by atoms with E-state index in [1.165, 1.54) is 27.3 Å². The predicted octanol–water partition coefficient (Wildman–Crippen LogP) is 3.46. The molecule has 1 amide bonds. The molecule has 0 fully saturated rings. The molecule has 0 spiro atoms. The molecule has 0 bridgehead atoms. The van der Waals surface area contributed by atoms with Crippen LogP contribution < -0.4 is 19.7 Å². The van der Waals surface area contributed by atoms with E-state index in [2.05, 4.69) is 30.5 Å². The number of aromatic hydroxyl groups is 1. The third-order valence-corrected chi connectivity index (χ3v) is 8.04. The Labute approximate surface area is 249 Å². The summed E-state index contributed by atoms with van der Waals surface area (Å²) in [4.78, 5) is 17.0. The standard InChI is InChI=1S/C27H29F4N7O5S/c1-32-26(40)24-23-20(36-37-24)12-19(17-11-18(28)22(39)10-16(17)13-27(29,30)31)35-25(23)33-14-15-6-4-5-7-21(15)38(2)44(41,42)34-8-9-43-3/h4-7,10-12,34,39H,8-9,13-14H2,1-3H3,(H,32,40)(H,33,35)(H,36,37). The number of H-pyrrole nitrogens is 1. The van der Waals surface area contributed by atoms with Crippen LogP contribution >= 0.6 is 0 Å². The van der Waals surface area contributed by atoms with Crippen LogP contribution in [0.25, 0.3) is 22.2 Å². The van der Waals surface area contributed by atoms with E-state index in [1.807, 2.05) is 0 Å². The molecule has 0 aliphatic heterocycles. The zero-order valence-electron chi connectivity index (χ0n) is 23.7. The summed E-state index contributed by atoms with van der Waals surface area (Å²) in [5.74, 6) is -2.70. The summed E-state index contributed by atoms with van der Waals surface area (Å²) < 4.78 is 88.6. The number of aromatic amines is 1. The molecule has 12 nitrogen and oxygen atoms in total. The zero-order valence-corrected chi connectivity index (χ0v) is 24.5. The normalized spacial score (nSPS) is 12.0. The number of para-hydroxylation sites is 1. The molecular weight excluding hydrogens is 610 g/mol. The highest BCUT2D eigenvalue weighted by molar-refractivity contribution is 7.90. The fourth-order valence-electron chi connectivity index (χ4n) is 4.44. The van der Waals surface area contributed by atoms with Crippen LogP contribution in [0.4, 0.5) is 29.1 Å². The van der Waals surface area contributed by atoms with Gasteiger partial charge in [0.05, 0.1) is 35.3 Å². The van der Waals surface area contributed by atoms with Gasteiger partial charge >= 0.3 is 16.4 Å². The van der Waals surface area contributed by atoms with Gasteiger partial charge in [-0.1, -0.05) is 18.2 Å². The summed E-state index contributed by atoms with van der Waals surface area (Å²) >= 11 is 0. The summed E-state index contributed by atoms with van der Waals surface area (Å²) in [6.07, 6.45) is -6.16. The van der Waals surface area contributed by atoms with Crippen molar-refractivity contribution < 1.29 is 40.6 Å². The van der Waals surface area contributed by atoms with Crippen LogP contribution in [0, 0.1) is 5.82 Å². The molecule has 236 valence electrons. The minimum absolute atomic E-state index is 0.00479. The van der Waals surface area contributed by atoms with E-state index < -0.39 is 45.8 Å². The predicted molar refractivity (Wildman–Crippen MR) is 155 cm³/mol. The first-order chi connectivity index (χ1) is 20.8. The van der Waals surface area contributed by atoms with Gasteiger partial charge in [0.2, 0.25) is 0 Å². The molecule has 2 heterocycles. The maximum Gasteiger partial charge on any atom is 0.393 e. The number of ether oxygens (including phenoxy) is 1. The molecule has 0 atom stereocenters. The quantitative estimate of drug-likeness (QED) is 0.116. The molecule has 0 unspecified atom stereocenters. The number of pyridine rings is 1. The second-order valence-corrected chi connectivity index (χ2v) is 11.3. The lowest BCUT2D eigenvalue weighted by Crippen LogP contribution is -2.40. The summed E-state index contributed by atoms with van der Waals surface area (Å²) in [6.45, 7) is 0.134. The number of fused-ring (bicyclic) bond motifs is 1. The summed E-state index contributed by atoms with van der Waals surface area (Å²) in [5, 5.41) is 22.1. The van der Waals surface area contributed by atoms with Gasteiger partial charge in [0.1, 0.15) is 5.82 Å². The number of halogens is 4. The van der Waals surface area contributed by atoms with Crippen LogP contribution in [0.1, 0.15) is 21.6 Å². The van der Waals surface area contributed by atoms with Crippen LogP contribution in [0.15, 0.2) is 42.5 Å². The van der Waals surface area contributed by atoms with Crippen molar-refractivity contribution in [2.45, 2.75) is 19.1 Å². The Morgan fingerprint density at radius 2 is 1.89 bits per heavy atom. The molecule has 0 aliphatic rings. The number of aromatic nitrogens is 3. The average molecular weight is 640 g/mol. The lowest BCUT2D eigenvalue weighted by atomic mass is 9.99. The number of carbonyl (C=O) groups excluding carboxylic acids is 1. The monoisotopic (exact) mass is 639 g/mol. The van der Waals surface area contributed by atoms with Gasteiger partial charge in [0, 0.05) is 39.9 Å². The molecular formula is C27H29F4N7O5S. The first kappa shape index (κ1) is 32.4. The van der Waals surface area contributed by atoms with Crippen LogP contribution in [-0.2, 0) is 27.9 Å². The Kier molecular flexibility index (Phi) is 9.60. The topological polar surface area (TPSA) is 162 Å². The number of phenols is 1. The van der Waals surface area contributed by atoms with Crippen molar-refractivity contribution in [3.05, 3.63) is 65.1 Å². The largest absolute Gasteiger partial charge is 0.505 e. The smallest absolute Gasteiger partial charge is 0.393 e. The Balaban J connectivity index is 1.80. The molecule has 4 rings (SSSR count). The number of carbonyl (C=O) groups is 1. The summed E-state index contributed by atoms with van der Waals surface area (Å²) in [6, 6.07) is 9.28. The molecule has 2 aromatic heterocycles. The maximum absolute atomic E-state index is 14.4. The second kappa shape index (κ2) is 13.0. The Morgan fingerprint density at radius 1 is 1.16 bits per heavy atom. The van der Waals surface area contributed by atoms with Gasteiger partial charge in [-0.15, -0.1) is 0 Å². The van der Waals surface area contributed by atoms with Crippen molar-refractivity contribution in [1.82, 2.24) is 25.2 Å². The maximum atomic E-state index is 14.4. The molecule has 0 radical (unpaired) electrons. The van der Waals surface area contributed by atoms with Crippen molar-refractivity contribution in [3.63, 3.8) is 0 Å². The molecule has 4 aromatic rings. The number of nitrogens with one attached hydrogen (secondary N) is 4. The molecule has 0 aliphatic carbocycles. The van der Waals surface area contributed by atoms with E-state index >= 15 is 0 Å². The number of phenolic OH excluding ortho intramolecular Hbond substituents is 1. The molecule has 44 heavy (non-hydrogen) atoms. The molecule has 0 saturated heterocycles. The van der Waals surface area contributed by atoms with Crippen molar-refractivity contribution >= 4 is 38.5 Å². The Hall–Kier alpha value is -4.48. The summed E-state index contributed by atoms with van der Waals surface area (Å²) in [7, 11) is 0.206. The van der Waals surface area contributed by atoms with Gasteiger partial charge < -0.3 is 20.5 Å². The molecule has 5 N–H and O–H groups in total. The van der Waals surface area contributed by atoms with Gasteiger partial charge in [-0.2, -0.15) is 31.4 Å². The molecule has 17 heteroatoms. The number of hydrogen-bond donors (Lipinski definition) is 5. The number of nitrogens with zero attached hydrogens (tertiary/aromatic N) is 3. The van der Waals surface area contributed by atoms with E-state index in [0.717, 1.165) is 10.4 Å². The highest BCUT2D eigenvalue weighted by Gasteiger charge is 2.31. The number of benzene rings is 2. The minimum atomic E-state index is -4.68. The Morgan fingerprint density at radius 3 is 2.57 bits per heavy atom. The van der Waals surface area contributed by atoms with E-state index in [4.69, 9.17) is 4.74 Å². The average Bonchev–Trinajstić information content (AvgIpc) is 3.40. The molecule has 2 aromatic carbocycles. The number of methoxy groups -OCH3 is 1. The van der Waals surface area contributed by atoms with E-state index in [0.29, 0.717) is 17.3 Å². The van der Waals surface area contributed by atoms with Gasteiger partial charge in [0.15, 0.2) is 17.3 Å². The molecule has 0 saturated carbocycles. The van der Waals surface area contributed by atoms with Gasteiger partial charge in [-0.25, -0.2) is 9.37 Å². The minimum Gasteiger partial charge on any atom is -0.505 e. The third kappa shape index (κ3) is 7.17. The number of amides is 1. The summed E-state index contributed by atoms with van der Waals surface area (Å²) in [5.41, 5.74) is 0.102. The Bertz CT molecular complexity index is 1780.